The van der Waals surface area contributed by atoms with Gasteiger partial charge in [0.15, 0.2) is 0 Å². The van der Waals surface area contributed by atoms with Gasteiger partial charge in [-0.1, -0.05) is 19.1 Å². The molecule has 0 saturated heterocycles. The number of hydrogen-bond acceptors (Lipinski definition) is 5. The van der Waals surface area contributed by atoms with Crippen LogP contribution < -0.4 is 10.6 Å². The summed E-state index contributed by atoms with van der Waals surface area (Å²) < 4.78 is 5.77. The van der Waals surface area contributed by atoms with Crippen LogP contribution in [0, 0.1) is 11.8 Å². The van der Waals surface area contributed by atoms with Crippen molar-refractivity contribution < 1.29 is 14.0 Å². The number of rotatable bonds is 9. The summed E-state index contributed by atoms with van der Waals surface area (Å²) in [6.07, 6.45) is 7.06. The van der Waals surface area contributed by atoms with Gasteiger partial charge in [-0.05, 0) is 69.1 Å². The second kappa shape index (κ2) is 8.84. The van der Waals surface area contributed by atoms with Crippen LogP contribution in [-0.2, 0) is 0 Å². The lowest BCUT2D eigenvalue weighted by atomic mass is 10.1. The van der Waals surface area contributed by atoms with Crippen LogP contribution in [0.5, 0.6) is 0 Å². The maximum atomic E-state index is 12.6. The molecule has 2 aliphatic carbocycles. The standard InChI is InChI=1S/C25H29N5O3/c1-3-19(16-9-10-16)28-24(32)22-13-26-25(33-22)18-6-4-5-17(11-18)20-12-21(30-29-20)23(31)27-14(2)15-7-8-15/h4-6,11-16,19H,3,7-10H2,1-2H3,(H,27,31)(H,28,32)(H,29,30). The number of benzene rings is 1. The first kappa shape index (κ1) is 21.4. The number of aromatic nitrogens is 3. The number of amides is 2. The highest BCUT2D eigenvalue weighted by Gasteiger charge is 2.32. The van der Waals surface area contributed by atoms with Crippen LogP contribution in [0.2, 0.25) is 0 Å². The normalized spacial score (nSPS) is 17.4. The monoisotopic (exact) mass is 447 g/mol. The zero-order valence-electron chi connectivity index (χ0n) is 18.9. The van der Waals surface area contributed by atoms with Crippen LogP contribution in [0.15, 0.2) is 40.9 Å². The minimum absolute atomic E-state index is 0.149. The van der Waals surface area contributed by atoms with Crippen molar-refractivity contribution in [3.05, 3.63) is 48.0 Å². The highest BCUT2D eigenvalue weighted by molar-refractivity contribution is 5.93. The lowest BCUT2D eigenvalue weighted by Crippen LogP contribution is -2.35. The number of nitrogens with one attached hydrogen (secondary N) is 3. The summed E-state index contributed by atoms with van der Waals surface area (Å²) in [6.45, 7) is 4.12. The third-order valence-corrected chi connectivity index (χ3v) is 6.59. The molecule has 2 fully saturated rings. The second-order valence-electron chi connectivity index (χ2n) is 9.20. The first-order valence-corrected chi connectivity index (χ1v) is 11.8. The molecular formula is C25H29N5O3. The quantitative estimate of drug-likeness (QED) is 0.455. The molecule has 0 aliphatic heterocycles. The van der Waals surface area contributed by atoms with Crippen molar-refractivity contribution in [1.29, 1.82) is 0 Å². The van der Waals surface area contributed by atoms with Crippen LogP contribution in [0.3, 0.4) is 0 Å². The van der Waals surface area contributed by atoms with E-state index in [1.54, 1.807) is 6.07 Å². The Hall–Kier alpha value is -3.42. The van der Waals surface area contributed by atoms with E-state index in [1.807, 2.05) is 31.2 Å². The molecule has 2 atom stereocenters. The van der Waals surface area contributed by atoms with Crippen LogP contribution >= 0.6 is 0 Å². The van der Waals surface area contributed by atoms with Crippen LogP contribution in [0.1, 0.15) is 67.0 Å². The molecule has 2 heterocycles. The molecule has 0 spiro atoms. The number of H-pyrrole nitrogens is 1. The molecule has 172 valence electrons. The van der Waals surface area contributed by atoms with Gasteiger partial charge < -0.3 is 15.1 Å². The van der Waals surface area contributed by atoms with Crippen LogP contribution in [0.4, 0.5) is 0 Å². The van der Waals surface area contributed by atoms with Gasteiger partial charge in [-0.2, -0.15) is 5.10 Å². The first-order valence-electron chi connectivity index (χ1n) is 11.8. The van der Waals surface area contributed by atoms with Gasteiger partial charge >= 0.3 is 0 Å². The topological polar surface area (TPSA) is 113 Å². The Kier molecular flexibility index (Phi) is 5.74. The Morgan fingerprint density at radius 1 is 1.09 bits per heavy atom. The van der Waals surface area contributed by atoms with Gasteiger partial charge in [0.1, 0.15) is 5.69 Å². The molecule has 2 amide bonds. The summed E-state index contributed by atoms with van der Waals surface area (Å²) in [5, 5.41) is 13.2. The molecule has 5 rings (SSSR count). The SMILES string of the molecule is CCC(NC(=O)c1cnc(-c2cccc(-c3cc(C(=O)NC(C)C4CC4)[nH]n3)c2)o1)C1CC1. The minimum Gasteiger partial charge on any atom is -0.431 e. The Bertz CT molecular complexity index is 1160. The molecule has 3 aromatic rings. The van der Waals surface area contributed by atoms with E-state index in [0.717, 1.165) is 17.5 Å². The van der Waals surface area contributed by atoms with Crippen molar-refractivity contribution in [2.75, 3.05) is 0 Å². The average Bonchev–Trinajstić information content (AvgIpc) is 3.75. The van der Waals surface area contributed by atoms with Gasteiger partial charge in [-0.25, -0.2) is 4.98 Å². The van der Waals surface area contributed by atoms with E-state index in [9.17, 15) is 9.59 Å². The maximum Gasteiger partial charge on any atom is 0.288 e. The van der Waals surface area contributed by atoms with Crippen molar-refractivity contribution in [2.45, 2.75) is 58.0 Å². The van der Waals surface area contributed by atoms with Crippen molar-refractivity contribution in [2.24, 2.45) is 11.8 Å². The van der Waals surface area contributed by atoms with Gasteiger partial charge in [0.05, 0.1) is 11.9 Å². The minimum atomic E-state index is -0.230. The zero-order chi connectivity index (χ0) is 22.9. The zero-order valence-corrected chi connectivity index (χ0v) is 18.9. The Labute approximate surface area is 192 Å². The Morgan fingerprint density at radius 3 is 2.58 bits per heavy atom. The van der Waals surface area contributed by atoms with Gasteiger partial charge in [0.2, 0.25) is 11.7 Å². The summed E-state index contributed by atoms with van der Waals surface area (Å²) in [5.74, 6) is 1.36. The molecule has 33 heavy (non-hydrogen) atoms. The fourth-order valence-corrected chi connectivity index (χ4v) is 4.20. The van der Waals surface area contributed by atoms with E-state index in [-0.39, 0.29) is 29.7 Å². The number of carbonyl (C=O) groups is 2. The van der Waals surface area contributed by atoms with E-state index in [0.29, 0.717) is 29.1 Å². The number of oxazole rings is 1. The van der Waals surface area contributed by atoms with E-state index >= 15 is 0 Å². The van der Waals surface area contributed by atoms with E-state index in [1.165, 1.54) is 31.9 Å². The van der Waals surface area contributed by atoms with Crippen LogP contribution in [-0.4, -0.2) is 39.1 Å². The van der Waals surface area contributed by atoms with E-state index in [2.05, 4.69) is 32.7 Å². The summed E-state index contributed by atoms with van der Waals surface area (Å²) in [4.78, 5) is 29.4. The van der Waals surface area contributed by atoms with Crippen LogP contribution in [0.25, 0.3) is 22.7 Å². The summed E-state index contributed by atoms with van der Waals surface area (Å²) in [5.41, 5.74) is 2.64. The summed E-state index contributed by atoms with van der Waals surface area (Å²) in [7, 11) is 0. The average molecular weight is 448 g/mol. The first-order chi connectivity index (χ1) is 16.0. The number of hydrogen-bond donors (Lipinski definition) is 3. The largest absolute Gasteiger partial charge is 0.431 e. The smallest absolute Gasteiger partial charge is 0.288 e. The molecule has 2 aliphatic rings. The van der Waals surface area contributed by atoms with Gasteiger partial charge in [-0.3, -0.25) is 14.7 Å². The fraction of sp³-hybridized carbons (Fsp3) is 0.440. The molecule has 2 aromatic heterocycles. The Balaban J connectivity index is 1.28. The lowest BCUT2D eigenvalue weighted by molar-refractivity contribution is 0.0901. The Morgan fingerprint density at radius 2 is 1.85 bits per heavy atom. The predicted molar refractivity (Wildman–Crippen MR) is 123 cm³/mol. The fourth-order valence-electron chi connectivity index (χ4n) is 4.20. The highest BCUT2D eigenvalue weighted by atomic mass is 16.4. The number of aromatic amines is 1. The molecule has 8 nitrogen and oxygen atoms in total. The van der Waals surface area contributed by atoms with Crippen molar-refractivity contribution >= 4 is 11.8 Å². The summed E-state index contributed by atoms with van der Waals surface area (Å²) in [6, 6.07) is 9.63. The summed E-state index contributed by atoms with van der Waals surface area (Å²) >= 11 is 0. The number of carbonyl (C=O) groups excluding carboxylic acids is 2. The molecule has 3 N–H and O–H groups in total. The van der Waals surface area contributed by atoms with E-state index < -0.39 is 0 Å². The third kappa shape index (κ3) is 4.84. The van der Waals surface area contributed by atoms with Gasteiger partial charge in [-0.15, -0.1) is 0 Å². The molecule has 1 aromatic carbocycles. The van der Waals surface area contributed by atoms with Gasteiger partial charge in [0.25, 0.3) is 11.8 Å². The number of nitrogens with zero attached hydrogens (tertiary/aromatic N) is 2. The molecule has 0 bridgehead atoms. The second-order valence-corrected chi connectivity index (χ2v) is 9.20. The molecule has 2 saturated carbocycles. The lowest BCUT2D eigenvalue weighted by Gasteiger charge is -2.14. The van der Waals surface area contributed by atoms with E-state index in [4.69, 9.17) is 4.42 Å². The highest BCUT2D eigenvalue weighted by Crippen LogP contribution is 2.34. The van der Waals surface area contributed by atoms with Crippen molar-refractivity contribution in [3.63, 3.8) is 0 Å². The van der Waals surface area contributed by atoms with Crippen molar-refractivity contribution in [1.82, 2.24) is 25.8 Å². The predicted octanol–water partition coefficient (Wildman–Crippen LogP) is 4.18. The molecule has 0 radical (unpaired) electrons. The molecule has 8 heteroatoms. The van der Waals surface area contributed by atoms with Crippen molar-refractivity contribution in [3.8, 4) is 22.7 Å². The third-order valence-electron chi connectivity index (χ3n) is 6.59. The molecule has 2 unspecified atom stereocenters. The van der Waals surface area contributed by atoms with Gasteiger partial charge in [0, 0.05) is 23.2 Å². The molecular weight excluding hydrogens is 418 g/mol. The maximum absolute atomic E-state index is 12.6.